The van der Waals surface area contributed by atoms with E-state index in [4.69, 9.17) is 10.2 Å². The molecule has 6 nitrogen and oxygen atoms in total. The summed E-state index contributed by atoms with van der Waals surface area (Å²) in [5.41, 5.74) is 0. The van der Waals surface area contributed by atoms with Crippen molar-refractivity contribution < 1.29 is 51.5 Å². The van der Waals surface area contributed by atoms with E-state index in [1.807, 2.05) is 0 Å². The van der Waals surface area contributed by atoms with Gasteiger partial charge in [0.2, 0.25) is 0 Å². The Morgan fingerprint density at radius 2 is 1.27 bits per heavy atom. The third-order valence-corrected chi connectivity index (χ3v) is 0.671. The van der Waals surface area contributed by atoms with E-state index in [0.29, 0.717) is 0 Å². The minimum absolute atomic E-state index is 0. The molecule has 0 aliphatic rings. The third kappa shape index (κ3) is 58.3. The van der Waals surface area contributed by atoms with Crippen LogP contribution in [0.4, 0.5) is 0 Å². The average Bonchev–Trinajstić information content (AvgIpc) is 1.95. The van der Waals surface area contributed by atoms with Crippen LogP contribution in [0.3, 0.4) is 0 Å². The zero-order valence-corrected chi connectivity index (χ0v) is 10.5. The van der Waals surface area contributed by atoms with Gasteiger partial charge in [0.15, 0.2) is 0 Å². The van der Waals surface area contributed by atoms with Crippen molar-refractivity contribution in [3.8, 4) is 0 Å². The molecule has 0 aliphatic heterocycles. The van der Waals surface area contributed by atoms with E-state index < -0.39 is 7.82 Å². The third-order valence-electron chi connectivity index (χ3n) is 0.224. The largest absolute Gasteiger partial charge is 0.790 e. The molecule has 0 bridgehead atoms. The molecule has 0 aromatic rings. The van der Waals surface area contributed by atoms with E-state index in [2.05, 4.69) is 4.52 Å². The van der Waals surface area contributed by atoms with Gasteiger partial charge < -0.3 is 29.1 Å². The van der Waals surface area contributed by atoms with E-state index >= 15 is 0 Å². The first kappa shape index (κ1) is 22.6. The molecule has 1 radical (unpaired) electrons. The second-order valence-electron chi connectivity index (χ2n) is 0.630. The van der Waals surface area contributed by atoms with E-state index in [0.717, 1.165) is 21.3 Å². The molecule has 8 heteroatoms. The zero-order chi connectivity index (χ0) is 9.21. The summed E-state index contributed by atoms with van der Waals surface area (Å²) in [6, 6.07) is 0. The maximum atomic E-state index is 9.25. The van der Waals surface area contributed by atoms with Gasteiger partial charge in [-0.25, -0.2) is 0 Å². The number of hydrogen-bond donors (Lipinski definition) is 2. The fraction of sp³-hybridized carbons (Fsp3) is 1.00. The first-order valence-corrected chi connectivity index (χ1v) is 3.49. The predicted octanol–water partition coefficient (Wildman–Crippen LogP) is -2.32. The maximum Gasteiger partial charge on any atom is 0.0592 e. The SMILES string of the molecule is CO.CO.COP(=O)([O-])[O-].[Ta]. The quantitative estimate of drug-likeness (QED) is 0.511. The Kier molecular flexibility index (Phi) is 35.0. The summed E-state index contributed by atoms with van der Waals surface area (Å²) in [7, 11) is -1.83. The summed E-state index contributed by atoms with van der Waals surface area (Å²) in [6.45, 7) is 0. The molecule has 0 aromatic carbocycles. The van der Waals surface area contributed by atoms with Gasteiger partial charge in [-0.2, -0.15) is 0 Å². The minimum atomic E-state index is -4.65. The van der Waals surface area contributed by atoms with Crippen molar-refractivity contribution in [3.63, 3.8) is 0 Å². The Hall–Kier alpha value is 0.770. The average molecular weight is 355 g/mol. The van der Waals surface area contributed by atoms with E-state index in [1.54, 1.807) is 0 Å². The molecule has 0 heterocycles. The van der Waals surface area contributed by atoms with Gasteiger partial charge in [-0.15, -0.1) is 0 Å². The topological polar surface area (TPSA) is 113 Å². The van der Waals surface area contributed by atoms with Gasteiger partial charge in [0.25, 0.3) is 0 Å². The van der Waals surface area contributed by atoms with Gasteiger partial charge in [-0.05, 0) is 0 Å². The van der Waals surface area contributed by atoms with Crippen LogP contribution in [0.1, 0.15) is 0 Å². The van der Waals surface area contributed by atoms with E-state index in [1.165, 1.54) is 0 Å². The number of phosphoric acid groups is 1. The summed E-state index contributed by atoms with van der Waals surface area (Å²) in [5.74, 6) is 0. The molecule has 0 aliphatic carbocycles. The van der Waals surface area contributed by atoms with Crippen LogP contribution in [0.2, 0.25) is 0 Å². The van der Waals surface area contributed by atoms with E-state index in [-0.39, 0.29) is 22.4 Å². The van der Waals surface area contributed by atoms with Crippen LogP contribution in [0.25, 0.3) is 0 Å². The van der Waals surface area contributed by atoms with Gasteiger partial charge >= 0.3 is 0 Å². The Morgan fingerprint density at radius 1 is 1.18 bits per heavy atom. The number of rotatable bonds is 1. The predicted molar refractivity (Wildman–Crippen MR) is 30.9 cm³/mol. The van der Waals surface area contributed by atoms with Crippen molar-refractivity contribution >= 4 is 7.82 Å². The molecule has 0 aromatic heterocycles. The molecule has 0 spiro atoms. The summed E-state index contributed by atoms with van der Waals surface area (Å²) in [4.78, 5) is 18.5. The fourth-order valence-corrected chi connectivity index (χ4v) is 0. The first-order chi connectivity index (χ1) is 4.56. The molecule has 0 unspecified atom stereocenters. The number of aliphatic hydroxyl groups is 2. The van der Waals surface area contributed by atoms with Crippen LogP contribution in [0.5, 0.6) is 0 Å². The fourth-order valence-electron chi connectivity index (χ4n) is 0. The summed E-state index contributed by atoms with van der Waals surface area (Å²) in [6.07, 6.45) is 0. The standard InChI is InChI=1S/CH5O4P.2CH4O.Ta/c1-5-6(2,3)4;2*1-2;/h1H3,(H2,2,3,4);2*2H,1H3;/p-2. The second kappa shape index (κ2) is 17.0. The normalized spacial score (nSPS) is 7.55. The number of aliphatic hydroxyl groups excluding tert-OH is 2. The monoisotopic (exact) mass is 355 g/mol. The number of phosphoric ester groups is 1. The molecule has 11 heavy (non-hydrogen) atoms. The molecule has 0 saturated heterocycles. The van der Waals surface area contributed by atoms with Gasteiger partial charge in [-0.3, -0.25) is 0 Å². The Balaban J connectivity index is -0.0000000428. The Morgan fingerprint density at radius 3 is 1.27 bits per heavy atom. The van der Waals surface area contributed by atoms with Crippen LogP contribution in [0.15, 0.2) is 0 Å². The molecule has 0 rings (SSSR count). The Labute approximate surface area is 81.0 Å². The number of hydrogen-bond acceptors (Lipinski definition) is 6. The summed E-state index contributed by atoms with van der Waals surface area (Å²) >= 11 is 0. The van der Waals surface area contributed by atoms with Crippen LogP contribution >= 0.6 is 7.82 Å². The summed E-state index contributed by atoms with van der Waals surface area (Å²) < 4.78 is 12.6. The van der Waals surface area contributed by atoms with Gasteiger partial charge in [0.1, 0.15) is 0 Å². The van der Waals surface area contributed by atoms with E-state index in [9.17, 15) is 14.4 Å². The zero-order valence-electron chi connectivity index (χ0n) is 6.42. The summed E-state index contributed by atoms with van der Waals surface area (Å²) in [5, 5.41) is 14.0. The van der Waals surface area contributed by atoms with Crippen molar-refractivity contribution in [2.24, 2.45) is 0 Å². The van der Waals surface area contributed by atoms with Gasteiger partial charge in [0.05, 0.1) is 7.82 Å². The molecule has 0 atom stereocenters. The maximum absolute atomic E-state index is 9.25. The molecule has 0 amide bonds. The smallest absolute Gasteiger partial charge is 0.0592 e. The molecule has 2 N–H and O–H groups in total. The van der Waals surface area contributed by atoms with Crippen molar-refractivity contribution in [3.05, 3.63) is 0 Å². The van der Waals surface area contributed by atoms with Crippen molar-refractivity contribution in [1.29, 1.82) is 0 Å². The van der Waals surface area contributed by atoms with Gasteiger partial charge in [0, 0.05) is 43.7 Å². The second-order valence-corrected chi connectivity index (χ2v) is 1.89. The van der Waals surface area contributed by atoms with Gasteiger partial charge in [-0.1, -0.05) is 0 Å². The minimum Gasteiger partial charge on any atom is -0.790 e. The first-order valence-electron chi connectivity index (χ1n) is 2.03. The molecular formula is C3H11O6PTa-2. The molecule has 0 saturated carbocycles. The molecule has 0 fully saturated rings. The molecule has 71 valence electrons. The van der Waals surface area contributed by atoms with Crippen LogP contribution < -0.4 is 9.79 Å². The van der Waals surface area contributed by atoms with Crippen LogP contribution in [-0.2, 0) is 31.5 Å². The van der Waals surface area contributed by atoms with Crippen molar-refractivity contribution in [2.45, 2.75) is 0 Å². The van der Waals surface area contributed by atoms with Crippen molar-refractivity contribution in [1.82, 2.24) is 0 Å². The van der Waals surface area contributed by atoms with Crippen LogP contribution in [-0.4, -0.2) is 31.5 Å². The molecular weight excluding hydrogens is 344 g/mol. The van der Waals surface area contributed by atoms with Crippen LogP contribution in [0, 0.1) is 0 Å². The Bertz CT molecular complexity index is 81.9. The van der Waals surface area contributed by atoms with Crippen molar-refractivity contribution in [2.75, 3.05) is 21.3 Å².